The molecule has 0 radical (unpaired) electrons. The van der Waals surface area contributed by atoms with Crippen LogP contribution in [0.5, 0.6) is 11.5 Å². The van der Waals surface area contributed by atoms with Gasteiger partial charge in [-0.2, -0.15) is 0 Å². The van der Waals surface area contributed by atoms with Gasteiger partial charge < -0.3 is 20.1 Å². The van der Waals surface area contributed by atoms with E-state index in [1.54, 1.807) is 0 Å². The van der Waals surface area contributed by atoms with Crippen LogP contribution in [0.15, 0.2) is 18.2 Å². The molecule has 1 aromatic rings. The molecule has 5 nitrogen and oxygen atoms in total. The molecule has 1 amide bonds. The molecular formula is C13H16N2O3. The number of hydrogen-bond acceptors (Lipinski definition) is 4. The molecule has 1 aromatic carbocycles. The SMILES string of the molecule is CC1(Cc2ccc3c(c2)OCO3)NCCNC1=O. The molecule has 2 N–H and O–H groups in total. The summed E-state index contributed by atoms with van der Waals surface area (Å²) in [6.45, 7) is 3.68. The summed E-state index contributed by atoms with van der Waals surface area (Å²) in [7, 11) is 0. The fourth-order valence-electron chi connectivity index (χ4n) is 2.39. The minimum atomic E-state index is -0.550. The number of carbonyl (C=O) groups is 1. The van der Waals surface area contributed by atoms with Crippen molar-refractivity contribution in [2.24, 2.45) is 0 Å². The third-order valence-corrected chi connectivity index (χ3v) is 3.42. The molecule has 0 aliphatic carbocycles. The molecule has 3 rings (SSSR count). The van der Waals surface area contributed by atoms with E-state index >= 15 is 0 Å². The molecule has 18 heavy (non-hydrogen) atoms. The Kier molecular flexibility index (Phi) is 2.63. The quantitative estimate of drug-likeness (QED) is 0.797. The van der Waals surface area contributed by atoms with Gasteiger partial charge in [-0.25, -0.2) is 0 Å². The highest BCUT2D eigenvalue weighted by molar-refractivity contribution is 5.87. The molecule has 2 aliphatic heterocycles. The lowest BCUT2D eigenvalue weighted by Gasteiger charge is -2.34. The van der Waals surface area contributed by atoms with Crippen molar-refractivity contribution in [3.63, 3.8) is 0 Å². The van der Waals surface area contributed by atoms with Crippen LogP contribution in [-0.2, 0) is 11.2 Å². The Morgan fingerprint density at radius 3 is 2.94 bits per heavy atom. The van der Waals surface area contributed by atoms with Gasteiger partial charge in [-0.05, 0) is 31.0 Å². The van der Waals surface area contributed by atoms with Crippen molar-refractivity contribution in [3.8, 4) is 11.5 Å². The van der Waals surface area contributed by atoms with Crippen molar-refractivity contribution >= 4 is 5.91 Å². The maximum Gasteiger partial charge on any atom is 0.240 e. The standard InChI is InChI=1S/C13H16N2O3/c1-13(12(16)14-4-5-15-13)7-9-2-3-10-11(6-9)18-8-17-10/h2-3,6,15H,4-5,7-8H2,1H3,(H,14,16). The second-order valence-electron chi connectivity index (χ2n) is 4.88. The Bertz CT molecular complexity index is 489. The molecule has 0 bridgehead atoms. The first-order valence-electron chi connectivity index (χ1n) is 6.09. The molecule has 1 unspecified atom stereocenters. The Labute approximate surface area is 105 Å². The zero-order valence-electron chi connectivity index (χ0n) is 10.3. The number of ether oxygens (including phenoxy) is 2. The summed E-state index contributed by atoms with van der Waals surface area (Å²) >= 11 is 0. The van der Waals surface area contributed by atoms with E-state index in [0.29, 0.717) is 13.0 Å². The molecule has 5 heteroatoms. The van der Waals surface area contributed by atoms with Crippen LogP contribution in [0.25, 0.3) is 0 Å². The van der Waals surface area contributed by atoms with Gasteiger partial charge in [-0.15, -0.1) is 0 Å². The molecular weight excluding hydrogens is 232 g/mol. The summed E-state index contributed by atoms with van der Waals surface area (Å²) < 4.78 is 10.6. The number of carbonyl (C=O) groups excluding carboxylic acids is 1. The van der Waals surface area contributed by atoms with Crippen LogP contribution in [0.2, 0.25) is 0 Å². The van der Waals surface area contributed by atoms with Crippen molar-refractivity contribution in [2.45, 2.75) is 18.9 Å². The number of benzene rings is 1. The van der Waals surface area contributed by atoms with Crippen molar-refractivity contribution in [1.29, 1.82) is 0 Å². The molecule has 0 saturated carbocycles. The van der Waals surface area contributed by atoms with E-state index in [1.807, 2.05) is 25.1 Å². The molecule has 0 aromatic heterocycles. The zero-order chi connectivity index (χ0) is 12.6. The Morgan fingerprint density at radius 2 is 2.11 bits per heavy atom. The van der Waals surface area contributed by atoms with Gasteiger partial charge >= 0.3 is 0 Å². The fraction of sp³-hybridized carbons (Fsp3) is 0.462. The zero-order valence-corrected chi connectivity index (χ0v) is 10.3. The Hall–Kier alpha value is -1.75. The monoisotopic (exact) mass is 248 g/mol. The van der Waals surface area contributed by atoms with Crippen molar-refractivity contribution < 1.29 is 14.3 Å². The lowest BCUT2D eigenvalue weighted by molar-refractivity contribution is -0.128. The molecule has 96 valence electrons. The van der Waals surface area contributed by atoms with Gasteiger partial charge in [0.25, 0.3) is 0 Å². The maximum absolute atomic E-state index is 11.9. The van der Waals surface area contributed by atoms with Crippen LogP contribution in [0, 0.1) is 0 Å². The van der Waals surface area contributed by atoms with Gasteiger partial charge in [0.15, 0.2) is 11.5 Å². The van der Waals surface area contributed by atoms with E-state index < -0.39 is 5.54 Å². The Balaban J connectivity index is 1.81. The average Bonchev–Trinajstić information content (AvgIpc) is 2.80. The molecule has 1 fully saturated rings. The van der Waals surface area contributed by atoms with Crippen LogP contribution < -0.4 is 20.1 Å². The lowest BCUT2D eigenvalue weighted by atomic mass is 9.90. The molecule has 0 spiro atoms. The van der Waals surface area contributed by atoms with Gasteiger partial charge in [-0.1, -0.05) is 6.07 Å². The van der Waals surface area contributed by atoms with Gasteiger partial charge in [0.05, 0.1) is 5.54 Å². The molecule has 1 saturated heterocycles. The lowest BCUT2D eigenvalue weighted by Crippen LogP contribution is -2.62. The van der Waals surface area contributed by atoms with E-state index in [-0.39, 0.29) is 12.7 Å². The first kappa shape index (κ1) is 11.3. The third-order valence-electron chi connectivity index (χ3n) is 3.42. The molecule has 2 aliphatic rings. The molecule has 2 heterocycles. The average molecular weight is 248 g/mol. The van der Waals surface area contributed by atoms with Crippen LogP contribution in [0.1, 0.15) is 12.5 Å². The number of amides is 1. The van der Waals surface area contributed by atoms with Crippen LogP contribution >= 0.6 is 0 Å². The number of hydrogen-bond donors (Lipinski definition) is 2. The normalized spacial score (nSPS) is 25.9. The second-order valence-corrected chi connectivity index (χ2v) is 4.88. The largest absolute Gasteiger partial charge is 0.454 e. The van der Waals surface area contributed by atoms with Crippen molar-refractivity contribution in [3.05, 3.63) is 23.8 Å². The first-order chi connectivity index (χ1) is 8.67. The van der Waals surface area contributed by atoms with E-state index in [2.05, 4.69) is 10.6 Å². The topological polar surface area (TPSA) is 59.6 Å². The highest BCUT2D eigenvalue weighted by atomic mass is 16.7. The number of fused-ring (bicyclic) bond motifs is 1. The van der Waals surface area contributed by atoms with E-state index in [0.717, 1.165) is 23.6 Å². The summed E-state index contributed by atoms with van der Waals surface area (Å²) in [5, 5.41) is 6.17. The first-order valence-corrected chi connectivity index (χ1v) is 6.09. The Morgan fingerprint density at radius 1 is 1.28 bits per heavy atom. The van der Waals surface area contributed by atoms with Gasteiger partial charge in [-0.3, -0.25) is 4.79 Å². The van der Waals surface area contributed by atoms with Gasteiger partial charge in [0.2, 0.25) is 12.7 Å². The number of nitrogens with one attached hydrogen (secondary N) is 2. The van der Waals surface area contributed by atoms with Crippen molar-refractivity contribution in [2.75, 3.05) is 19.9 Å². The highest BCUT2D eigenvalue weighted by Crippen LogP contribution is 2.33. The molecule has 1 atom stereocenters. The van der Waals surface area contributed by atoms with Gasteiger partial charge in [0, 0.05) is 13.1 Å². The number of rotatable bonds is 2. The highest BCUT2D eigenvalue weighted by Gasteiger charge is 2.35. The summed E-state index contributed by atoms with van der Waals surface area (Å²) in [6, 6.07) is 5.81. The summed E-state index contributed by atoms with van der Waals surface area (Å²) in [4.78, 5) is 11.9. The van der Waals surface area contributed by atoms with E-state index in [1.165, 1.54) is 0 Å². The van der Waals surface area contributed by atoms with Gasteiger partial charge in [0.1, 0.15) is 0 Å². The van der Waals surface area contributed by atoms with E-state index in [4.69, 9.17) is 9.47 Å². The minimum Gasteiger partial charge on any atom is -0.454 e. The van der Waals surface area contributed by atoms with Crippen molar-refractivity contribution in [1.82, 2.24) is 10.6 Å². The van der Waals surface area contributed by atoms with Crippen LogP contribution in [0.4, 0.5) is 0 Å². The summed E-state index contributed by atoms with van der Waals surface area (Å²) in [5.41, 5.74) is 0.512. The fourth-order valence-corrected chi connectivity index (χ4v) is 2.39. The maximum atomic E-state index is 11.9. The summed E-state index contributed by atoms with van der Waals surface area (Å²) in [6.07, 6.45) is 0.634. The van der Waals surface area contributed by atoms with E-state index in [9.17, 15) is 4.79 Å². The smallest absolute Gasteiger partial charge is 0.240 e. The van der Waals surface area contributed by atoms with Crippen LogP contribution in [0.3, 0.4) is 0 Å². The predicted octanol–water partition coefficient (Wildman–Crippen LogP) is 0.436. The number of piperazine rings is 1. The second kappa shape index (κ2) is 4.17. The third kappa shape index (κ3) is 1.90. The summed E-state index contributed by atoms with van der Waals surface area (Å²) in [5.74, 6) is 1.57. The van der Waals surface area contributed by atoms with Crippen LogP contribution in [-0.4, -0.2) is 31.3 Å². The predicted molar refractivity (Wildman–Crippen MR) is 65.7 cm³/mol. The minimum absolute atomic E-state index is 0.0476.